The molecule has 0 aliphatic carbocycles. The fourth-order valence-electron chi connectivity index (χ4n) is 3.56. The minimum atomic E-state index is -1.32. The second kappa shape index (κ2) is 13.3. The van der Waals surface area contributed by atoms with E-state index in [0.29, 0.717) is 25.0 Å². The Labute approximate surface area is 192 Å². The van der Waals surface area contributed by atoms with Gasteiger partial charge in [-0.05, 0) is 43.6 Å². The molecule has 1 aliphatic heterocycles. The van der Waals surface area contributed by atoms with Gasteiger partial charge in [0.1, 0.15) is 18.1 Å². The SMILES string of the molecule is CSCCC(NC(=O)C(N)CC(C)C)C(=O)NC(CC(N)=O)C(=O)N1CCCC1C(=O)O. The van der Waals surface area contributed by atoms with E-state index >= 15 is 0 Å². The number of carbonyl (C=O) groups excluding carboxylic acids is 4. The van der Waals surface area contributed by atoms with E-state index < -0.39 is 60.2 Å². The van der Waals surface area contributed by atoms with Crippen molar-refractivity contribution in [3.05, 3.63) is 0 Å². The van der Waals surface area contributed by atoms with Crippen molar-refractivity contribution in [1.29, 1.82) is 0 Å². The summed E-state index contributed by atoms with van der Waals surface area (Å²) in [6, 6.07) is -4.09. The van der Waals surface area contributed by atoms with Crippen LogP contribution in [0.4, 0.5) is 0 Å². The van der Waals surface area contributed by atoms with Crippen molar-refractivity contribution in [2.75, 3.05) is 18.6 Å². The maximum Gasteiger partial charge on any atom is 0.326 e. The monoisotopic (exact) mass is 473 g/mol. The molecule has 0 radical (unpaired) electrons. The number of rotatable bonds is 13. The van der Waals surface area contributed by atoms with Crippen LogP contribution in [0.5, 0.6) is 0 Å². The predicted octanol–water partition coefficient (Wildman–Crippen LogP) is -0.966. The number of hydrogen-bond donors (Lipinski definition) is 5. The lowest BCUT2D eigenvalue weighted by atomic mass is 10.0. The first kappa shape index (κ1) is 27.7. The first-order valence-electron chi connectivity index (χ1n) is 10.6. The van der Waals surface area contributed by atoms with E-state index in [-0.39, 0.29) is 18.9 Å². The van der Waals surface area contributed by atoms with Crippen LogP contribution >= 0.6 is 11.8 Å². The average Bonchev–Trinajstić information content (AvgIpc) is 3.19. The number of thioether (sulfide) groups is 1. The molecule has 0 bridgehead atoms. The molecule has 0 aromatic rings. The van der Waals surface area contributed by atoms with Gasteiger partial charge in [-0.15, -0.1) is 0 Å². The Morgan fingerprint density at radius 1 is 1.12 bits per heavy atom. The Balaban J connectivity index is 2.97. The van der Waals surface area contributed by atoms with Crippen LogP contribution in [0.2, 0.25) is 0 Å². The molecule has 0 spiro atoms. The Morgan fingerprint density at radius 3 is 2.28 bits per heavy atom. The highest BCUT2D eigenvalue weighted by atomic mass is 32.2. The van der Waals surface area contributed by atoms with Gasteiger partial charge in [0.25, 0.3) is 0 Å². The van der Waals surface area contributed by atoms with Gasteiger partial charge < -0.3 is 32.1 Å². The minimum absolute atomic E-state index is 0.189. The van der Waals surface area contributed by atoms with Crippen molar-refractivity contribution in [2.45, 2.75) is 70.1 Å². The standard InChI is InChI=1S/C20H35N5O6S/c1-11(2)9-12(21)17(27)23-13(6-8-32-3)18(28)24-14(10-16(22)26)19(29)25-7-4-5-15(25)20(30)31/h11-15H,4-10,21H2,1-3H3,(H2,22,26)(H,23,27)(H,24,28)(H,30,31). The summed E-state index contributed by atoms with van der Waals surface area (Å²) in [5.74, 6) is -3.05. The zero-order chi connectivity index (χ0) is 24.4. The number of aliphatic carboxylic acids is 1. The molecule has 1 rings (SSSR count). The first-order valence-corrected chi connectivity index (χ1v) is 12.0. The van der Waals surface area contributed by atoms with E-state index in [1.165, 1.54) is 11.8 Å². The molecule has 4 atom stereocenters. The van der Waals surface area contributed by atoms with E-state index in [0.717, 1.165) is 4.90 Å². The lowest BCUT2D eigenvalue weighted by Crippen LogP contribution is -2.58. The van der Waals surface area contributed by atoms with Crippen molar-refractivity contribution in [3.8, 4) is 0 Å². The predicted molar refractivity (Wildman–Crippen MR) is 120 cm³/mol. The molecule has 1 fully saturated rings. The molecule has 12 heteroatoms. The number of primary amides is 1. The van der Waals surface area contributed by atoms with Gasteiger partial charge in [0.05, 0.1) is 12.5 Å². The summed E-state index contributed by atoms with van der Waals surface area (Å²) in [6.07, 6.45) is 2.88. The van der Waals surface area contributed by atoms with Gasteiger partial charge in [-0.3, -0.25) is 19.2 Å². The van der Waals surface area contributed by atoms with Gasteiger partial charge in [0.15, 0.2) is 0 Å². The molecule has 0 saturated carbocycles. The van der Waals surface area contributed by atoms with Gasteiger partial charge in [0, 0.05) is 6.54 Å². The van der Waals surface area contributed by atoms with Crippen LogP contribution in [0, 0.1) is 5.92 Å². The molecule has 0 aromatic heterocycles. The highest BCUT2D eigenvalue weighted by Gasteiger charge is 2.38. The summed E-state index contributed by atoms with van der Waals surface area (Å²) in [5, 5.41) is 14.5. The van der Waals surface area contributed by atoms with E-state index in [9.17, 15) is 29.1 Å². The van der Waals surface area contributed by atoms with Crippen LogP contribution in [0.15, 0.2) is 0 Å². The number of nitrogens with zero attached hydrogens (tertiary/aromatic N) is 1. The zero-order valence-corrected chi connectivity index (χ0v) is 19.7. The van der Waals surface area contributed by atoms with Crippen LogP contribution in [-0.2, 0) is 24.0 Å². The molecule has 4 amide bonds. The molecule has 11 nitrogen and oxygen atoms in total. The molecule has 182 valence electrons. The summed E-state index contributed by atoms with van der Waals surface area (Å²) in [7, 11) is 0. The third kappa shape index (κ3) is 8.65. The summed E-state index contributed by atoms with van der Waals surface area (Å²) in [4.78, 5) is 62.4. The van der Waals surface area contributed by atoms with Crippen LogP contribution < -0.4 is 22.1 Å². The maximum atomic E-state index is 12.9. The van der Waals surface area contributed by atoms with Gasteiger partial charge in [-0.25, -0.2) is 4.79 Å². The van der Waals surface area contributed by atoms with Crippen LogP contribution in [0.25, 0.3) is 0 Å². The highest BCUT2D eigenvalue weighted by molar-refractivity contribution is 7.98. The maximum absolute atomic E-state index is 12.9. The molecule has 1 aliphatic rings. The number of amides is 4. The fourth-order valence-corrected chi connectivity index (χ4v) is 4.03. The second-order valence-corrected chi connectivity index (χ2v) is 9.32. The van der Waals surface area contributed by atoms with E-state index in [4.69, 9.17) is 11.5 Å². The second-order valence-electron chi connectivity index (χ2n) is 8.34. The summed E-state index contributed by atoms with van der Waals surface area (Å²) < 4.78 is 0. The third-order valence-electron chi connectivity index (χ3n) is 5.15. The van der Waals surface area contributed by atoms with Crippen molar-refractivity contribution >= 4 is 41.4 Å². The molecular formula is C20H35N5O6S. The van der Waals surface area contributed by atoms with Gasteiger partial charge in [0.2, 0.25) is 23.6 Å². The molecule has 1 saturated heterocycles. The average molecular weight is 474 g/mol. The van der Waals surface area contributed by atoms with Crippen LogP contribution in [0.1, 0.15) is 46.0 Å². The molecule has 4 unspecified atom stereocenters. The Morgan fingerprint density at radius 2 is 1.75 bits per heavy atom. The Hall–Kier alpha value is -2.34. The Bertz CT molecular complexity index is 704. The number of hydrogen-bond acceptors (Lipinski definition) is 7. The number of nitrogens with two attached hydrogens (primary N) is 2. The molecular weight excluding hydrogens is 438 g/mol. The quantitative estimate of drug-likeness (QED) is 0.226. The minimum Gasteiger partial charge on any atom is -0.480 e. The van der Waals surface area contributed by atoms with E-state index in [2.05, 4.69) is 10.6 Å². The highest BCUT2D eigenvalue weighted by Crippen LogP contribution is 2.19. The van der Waals surface area contributed by atoms with Crippen molar-refractivity contribution in [3.63, 3.8) is 0 Å². The van der Waals surface area contributed by atoms with Gasteiger partial charge in [-0.2, -0.15) is 11.8 Å². The molecule has 32 heavy (non-hydrogen) atoms. The third-order valence-corrected chi connectivity index (χ3v) is 5.79. The Kier molecular flexibility index (Phi) is 11.5. The fraction of sp³-hybridized carbons (Fsp3) is 0.750. The number of likely N-dealkylation sites (tertiary alicyclic amines) is 1. The lowest BCUT2D eigenvalue weighted by Gasteiger charge is -2.28. The molecule has 0 aromatic carbocycles. The van der Waals surface area contributed by atoms with Crippen molar-refractivity contribution < 1.29 is 29.1 Å². The number of nitrogens with one attached hydrogen (secondary N) is 2. The van der Waals surface area contributed by atoms with E-state index in [1.54, 1.807) is 0 Å². The number of carbonyl (C=O) groups is 5. The summed E-state index contributed by atoms with van der Waals surface area (Å²) >= 11 is 1.48. The van der Waals surface area contributed by atoms with Crippen molar-refractivity contribution in [2.24, 2.45) is 17.4 Å². The smallest absolute Gasteiger partial charge is 0.326 e. The largest absolute Gasteiger partial charge is 0.480 e. The summed E-state index contributed by atoms with van der Waals surface area (Å²) in [5.41, 5.74) is 11.2. The number of carboxylic acids is 1. The molecule has 7 N–H and O–H groups in total. The van der Waals surface area contributed by atoms with Gasteiger partial charge in [-0.1, -0.05) is 13.8 Å². The lowest BCUT2D eigenvalue weighted by molar-refractivity contribution is -0.149. The molecule has 1 heterocycles. The van der Waals surface area contributed by atoms with Crippen LogP contribution in [-0.4, -0.2) is 82.3 Å². The topological polar surface area (TPSA) is 185 Å². The number of carboxylic acid groups (broad SMARTS) is 1. The van der Waals surface area contributed by atoms with Crippen molar-refractivity contribution in [1.82, 2.24) is 15.5 Å². The normalized spacial score (nSPS) is 18.7. The van der Waals surface area contributed by atoms with Crippen LogP contribution in [0.3, 0.4) is 0 Å². The van der Waals surface area contributed by atoms with E-state index in [1.807, 2.05) is 20.1 Å². The summed E-state index contributed by atoms with van der Waals surface area (Å²) in [6.45, 7) is 4.05. The van der Waals surface area contributed by atoms with Gasteiger partial charge >= 0.3 is 5.97 Å². The zero-order valence-electron chi connectivity index (χ0n) is 18.8. The first-order chi connectivity index (χ1) is 15.0.